The van der Waals surface area contributed by atoms with E-state index < -0.39 is 0 Å². The quantitative estimate of drug-likeness (QED) is 0.489. The summed E-state index contributed by atoms with van der Waals surface area (Å²) in [7, 11) is 1.63. The van der Waals surface area contributed by atoms with Crippen molar-refractivity contribution in [2.45, 2.75) is 40.2 Å². The first-order valence-corrected chi connectivity index (χ1v) is 10.6. The molecule has 2 aromatic carbocycles. The van der Waals surface area contributed by atoms with Crippen molar-refractivity contribution in [3.63, 3.8) is 0 Å². The van der Waals surface area contributed by atoms with Crippen molar-refractivity contribution in [1.29, 1.82) is 0 Å². The number of carbonyl (C=O) groups excluding carboxylic acids is 1. The maximum Gasteiger partial charge on any atom is 0.341 e. The summed E-state index contributed by atoms with van der Waals surface area (Å²) in [6, 6.07) is 13.9. The minimum absolute atomic E-state index is 0.310. The van der Waals surface area contributed by atoms with Crippen molar-refractivity contribution in [3.05, 3.63) is 64.8 Å². The third-order valence-corrected chi connectivity index (χ3v) is 5.71. The number of nitrogens with one attached hydrogen (secondary N) is 1. The number of esters is 1. The van der Waals surface area contributed by atoms with Crippen LogP contribution in [0.5, 0.6) is 5.75 Å². The normalized spacial score (nSPS) is 12.3. The Bertz CT molecular complexity index is 1000. The molecule has 5 heteroatoms. The van der Waals surface area contributed by atoms with Gasteiger partial charge in [-0.2, -0.15) is 0 Å². The van der Waals surface area contributed by atoms with E-state index in [1.54, 1.807) is 7.11 Å². The van der Waals surface area contributed by atoms with Crippen LogP contribution in [0.3, 0.4) is 0 Å². The fourth-order valence-corrected chi connectivity index (χ4v) is 3.80. The lowest BCUT2D eigenvalue weighted by Crippen LogP contribution is -2.25. The molecule has 0 fully saturated rings. The van der Waals surface area contributed by atoms with Gasteiger partial charge in [0.2, 0.25) is 0 Å². The second-order valence-electron chi connectivity index (χ2n) is 7.61. The highest BCUT2D eigenvalue weighted by Gasteiger charge is 2.21. The number of hydrogen-bond acceptors (Lipinski definition) is 4. The minimum atomic E-state index is -0.372. The van der Waals surface area contributed by atoms with E-state index in [0.717, 1.165) is 54.0 Å². The lowest BCUT2D eigenvalue weighted by molar-refractivity contribution is 0.0339. The number of aromatic nitrogens is 1. The van der Waals surface area contributed by atoms with Crippen molar-refractivity contribution >= 4 is 16.9 Å². The first-order chi connectivity index (χ1) is 14.5. The standard InChI is InChI=1S/C25H32N2O3/c1-6-27(7-2)14-13-19-11-12-23-22(15-19)24(17(3)26-23)25(28)30-18(4)20-9-8-10-21(16-20)29-5/h8-12,15-16,18,26H,6-7,13-14H2,1-5H3. The van der Waals surface area contributed by atoms with Gasteiger partial charge in [0.1, 0.15) is 11.9 Å². The lowest BCUT2D eigenvalue weighted by atomic mass is 10.1. The molecule has 1 unspecified atom stereocenters. The van der Waals surface area contributed by atoms with Gasteiger partial charge in [0, 0.05) is 23.1 Å². The molecule has 3 aromatic rings. The molecule has 1 heterocycles. The van der Waals surface area contributed by atoms with Crippen LogP contribution in [0.25, 0.3) is 10.9 Å². The summed E-state index contributed by atoms with van der Waals surface area (Å²) in [6.07, 6.45) is 0.583. The number of rotatable bonds is 9. The van der Waals surface area contributed by atoms with Crippen molar-refractivity contribution in [1.82, 2.24) is 9.88 Å². The zero-order chi connectivity index (χ0) is 21.7. The number of aryl methyl sites for hydroxylation is 1. The third-order valence-electron chi connectivity index (χ3n) is 5.71. The molecular formula is C25H32N2O3. The summed E-state index contributed by atoms with van der Waals surface area (Å²) in [5.41, 5.74) is 4.53. The van der Waals surface area contributed by atoms with Crippen molar-refractivity contribution in [2.24, 2.45) is 0 Å². The molecule has 0 radical (unpaired) electrons. The smallest absolute Gasteiger partial charge is 0.341 e. The highest BCUT2D eigenvalue weighted by atomic mass is 16.5. The topological polar surface area (TPSA) is 54.6 Å². The molecule has 5 nitrogen and oxygen atoms in total. The predicted molar refractivity (Wildman–Crippen MR) is 121 cm³/mol. The second kappa shape index (κ2) is 9.81. The van der Waals surface area contributed by atoms with Crippen LogP contribution in [-0.4, -0.2) is 42.6 Å². The van der Waals surface area contributed by atoms with E-state index >= 15 is 0 Å². The summed E-state index contributed by atoms with van der Waals surface area (Å²) in [4.78, 5) is 18.8. The summed E-state index contributed by atoms with van der Waals surface area (Å²) in [5.74, 6) is 0.437. The average Bonchev–Trinajstić information content (AvgIpc) is 3.09. The van der Waals surface area contributed by atoms with E-state index in [0.29, 0.717) is 5.56 Å². The number of carbonyl (C=O) groups is 1. The molecule has 1 N–H and O–H groups in total. The highest BCUT2D eigenvalue weighted by Crippen LogP contribution is 2.28. The molecule has 0 bridgehead atoms. The minimum Gasteiger partial charge on any atom is -0.497 e. The van der Waals surface area contributed by atoms with Crippen LogP contribution in [0, 0.1) is 6.92 Å². The number of benzene rings is 2. The van der Waals surface area contributed by atoms with E-state index in [4.69, 9.17) is 9.47 Å². The molecule has 1 atom stereocenters. The van der Waals surface area contributed by atoms with Gasteiger partial charge in [-0.15, -0.1) is 0 Å². The van der Waals surface area contributed by atoms with Crippen LogP contribution in [0.4, 0.5) is 0 Å². The molecule has 160 valence electrons. The Labute approximate surface area is 179 Å². The van der Waals surface area contributed by atoms with Crippen LogP contribution in [0.1, 0.15) is 54.1 Å². The van der Waals surface area contributed by atoms with Gasteiger partial charge in [0.25, 0.3) is 0 Å². The number of likely N-dealkylation sites (N-methyl/N-ethyl adjacent to an activating group) is 1. The van der Waals surface area contributed by atoms with Crippen LogP contribution in [0.15, 0.2) is 42.5 Å². The first kappa shape index (κ1) is 21.9. The third kappa shape index (κ3) is 4.85. The number of methoxy groups -OCH3 is 1. The predicted octanol–water partition coefficient (Wildman–Crippen LogP) is 5.29. The van der Waals surface area contributed by atoms with Gasteiger partial charge in [-0.25, -0.2) is 4.79 Å². The lowest BCUT2D eigenvalue weighted by Gasteiger charge is -2.17. The van der Waals surface area contributed by atoms with E-state index in [9.17, 15) is 4.79 Å². The number of H-pyrrole nitrogens is 1. The Morgan fingerprint density at radius 1 is 1.13 bits per heavy atom. The summed E-state index contributed by atoms with van der Waals surface area (Å²) >= 11 is 0. The Balaban J connectivity index is 1.82. The highest BCUT2D eigenvalue weighted by molar-refractivity contribution is 6.05. The van der Waals surface area contributed by atoms with E-state index in [1.165, 1.54) is 5.56 Å². The van der Waals surface area contributed by atoms with Gasteiger partial charge < -0.3 is 19.4 Å². The van der Waals surface area contributed by atoms with Gasteiger partial charge in [0.05, 0.1) is 12.7 Å². The van der Waals surface area contributed by atoms with Gasteiger partial charge in [-0.3, -0.25) is 0 Å². The summed E-state index contributed by atoms with van der Waals surface area (Å²) in [6.45, 7) is 11.3. The number of fused-ring (bicyclic) bond motifs is 1. The number of ether oxygens (including phenoxy) is 2. The molecule has 0 amide bonds. The Morgan fingerprint density at radius 2 is 1.90 bits per heavy atom. The van der Waals surface area contributed by atoms with Crippen LogP contribution in [0.2, 0.25) is 0 Å². The molecular weight excluding hydrogens is 376 g/mol. The zero-order valence-electron chi connectivity index (χ0n) is 18.6. The van der Waals surface area contributed by atoms with Crippen molar-refractivity contribution in [3.8, 4) is 5.75 Å². The number of aromatic amines is 1. The molecule has 0 spiro atoms. The van der Waals surface area contributed by atoms with Gasteiger partial charge in [-0.05, 0) is 68.8 Å². The molecule has 0 aliphatic carbocycles. The van der Waals surface area contributed by atoms with Gasteiger partial charge in [-0.1, -0.05) is 32.0 Å². The number of hydrogen-bond donors (Lipinski definition) is 1. The second-order valence-corrected chi connectivity index (χ2v) is 7.61. The van der Waals surface area contributed by atoms with Crippen LogP contribution >= 0.6 is 0 Å². The molecule has 0 aliphatic heterocycles. The Morgan fingerprint density at radius 3 is 2.60 bits per heavy atom. The first-order valence-electron chi connectivity index (χ1n) is 10.6. The largest absolute Gasteiger partial charge is 0.497 e. The molecule has 3 rings (SSSR count). The van der Waals surface area contributed by atoms with E-state index in [1.807, 2.05) is 38.1 Å². The van der Waals surface area contributed by atoms with Crippen molar-refractivity contribution in [2.75, 3.05) is 26.7 Å². The maximum atomic E-state index is 13.1. The fraction of sp³-hybridized carbons (Fsp3) is 0.400. The van der Waals surface area contributed by atoms with E-state index in [-0.39, 0.29) is 12.1 Å². The zero-order valence-corrected chi connectivity index (χ0v) is 18.6. The summed E-state index contributed by atoms with van der Waals surface area (Å²) in [5, 5.41) is 0.924. The molecule has 1 aromatic heterocycles. The van der Waals surface area contributed by atoms with Crippen LogP contribution < -0.4 is 4.74 Å². The molecule has 0 saturated carbocycles. The van der Waals surface area contributed by atoms with Gasteiger partial charge in [0.15, 0.2) is 0 Å². The molecule has 30 heavy (non-hydrogen) atoms. The summed E-state index contributed by atoms with van der Waals surface area (Å²) < 4.78 is 11.1. The maximum absolute atomic E-state index is 13.1. The Kier molecular flexibility index (Phi) is 7.16. The number of nitrogens with zero attached hydrogens (tertiary/aromatic N) is 1. The average molecular weight is 409 g/mol. The van der Waals surface area contributed by atoms with E-state index in [2.05, 4.69) is 41.9 Å². The Hall–Kier alpha value is -2.79. The SMILES string of the molecule is CCN(CC)CCc1ccc2[nH]c(C)c(C(=O)OC(C)c3cccc(OC)c3)c2c1. The van der Waals surface area contributed by atoms with Crippen LogP contribution in [-0.2, 0) is 11.2 Å². The fourth-order valence-electron chi connectivity index (χ4n) is 3.80. The molecule has 0 aliphatic rings. The molecule has 0 saturated heterocycles. The van der Waals surface area contributed by atoms with Gasteiger partial charge >= 0.3 is 5.97 Å². The monoisotopic (exact) mass is 408 g/mol. The van der Waals surface area contributed by atoms with Crippen molar-refractivity contribution < 1.29 is 14.3 Å².